The Labute approximate surface area is 211 Å². The second kappa shape index (κ2) is 13.9. The Bertz CT molecular complexity index is 1040. The molecule has 3 rings (SSSR count). The molecule has 0 fully saturated rings. The molecule has 0 amide bonds. The number of esters is 1. The minimum Gasteiger partial charge on any atom is -0.492 e. The molecule has 0 spiro atoms. The lowest BCUT2D eigenvalue weighted by Gasteiger charge is -2.10. The van der Waals surface area contributed by atoms with Gasteiger partial charge >= 0.3 is 5.97 Å². The van der Waals surface area contributed by atoms with Gasteiger partial charge in [0.2, 0.25) is 0 Å². The van der Waals surface area contributed by atoms with E-state index in [4.69, 9.17) is 9.47 Å². The molecular formula is C28H33BrN2O3. The van der Waals surface area contributed by atoms with Gasteiger partial charge in [-0.05, 0) is 83.2 Å². The van der Waals surface area contributed by atoms with Gasteiger partial charge in [0, 0.05) is 18.0 Å². The standard InChI is InChI=1S/C28H33BrN2O3/c1-3-5-7-9-17-33-26-16-13-23(18-25(26)29)28(32)34-24-14-11-22(12-15-24)27-30-19-21(20-31-27)10-8-6-4-2/h11-16,18-20H,3-10,17H2,1-2H3. The van der Waals surface area contributed by atoms with Crippen LogP contribution in [0.3, 0.4) is 0 Å². The quantitative estimate of drug-likeness (QED) is 0.129. The molecule has 2 aromatic carbocycles. The fraction of sp³-hybridized carbons (Fsp3) is 0.393. The summed E-state index contributed by atoms with van der Waals surface area (Å²) in [6.07, 6.45) is 13.0. The van der Waals surface area contributed by atoms with Crippen LogP contribution in [0, 0.1) is 0 Å². The van der Waals surface area contributed by atoms with Gasteiger partial charge in [-0.15, -0.1) is 0 Å². The number of rotatable bonds is 13. The third kappa shape index (κ3) is 7.94. The van der Waals surface area contributed by atoms with Crippen molar-refractivity contribution >= 4 is 21.9 Å². The maximum Gasteiger partial charge on any atom is 0.343 e. The molecule has 0 bridgehead atoms. The Morgan fingerprint density at radius 2 is 1.59 bits per heavy atom. The summed E-state index contributed by atoms with van der Waals surface area (Å²) in [7, 11) is 0. The fourth-order valence-corrected chi connectivity index (χ4v) is 4.00. The molecular weight excluding hydrogens is 492 g/mol. The molecule has 0 radical (unpaired) electrons. The first-order chi connectivity index (χ1) is 16.6. The Morgan fingerprint density at radius 1 is 0.882 bits per heavy atom. The highest BCUT2D eigenvalue weighted by Gasteiger charge is 2.12. The second-order valence-corrected chi connectivity index (χ2v) is 9.19. The van der Waals surface area contributed by atoms with Gasteiger partial charge in [0.05, 0.1) is 16.6 Å². The Hall–Kier alpha value is -2.73. The van der Waals surface area contributed by atoms with Crippen LogP contribution < -0.4 is 9.47 Å². The molecule has 3 aromatic rings. The highest BCUT2D eigenvalue weighted by Crippen LogP contribution is 2.27. The number of aryl methyl sites for hydroxylation is 1. The summed E-state index contributed by atoms with van der Waals surface area (Å²) in [5.41, 5.74) is 2.49. The fourth-order valence-electron chi connectivity index (χ4n) is 3.51. The summed E-state index contributed by atoms with van der Waals surface area (Å²) < 4.78 is 12.1. The molecule has 0 aliphatic carbocycles. The lowest BCUT2D eigenvalue weighted by molar-refractivity contribution is 0.0734. The molecule has 180 valence electrons. The van der Waals surface area contributed by atoms with E-state index >= 15 is 0 Å². The molecule has 0 N–H and O–H groups in total. The maximum atomic E-state index is 12.6. The minimum atomic E-state index is -0.421. The third-order valence-corrected chi connectivity index (χ3v) is 6.14. The minimum absolute atomic E-state index is 0.421. The number of nitrogens with zero attached hydrogens (tertiary/aromatic N) is 2. The summed E-state index contributed by atoms with van der Waals surface area (Å²) in [6.45, 7) is 5.05. The number of aromatic nitrogens is 2. The molecule has 34 heavy (non-hydrogen) atoms. The summed E-state index contributed by atoms with van der Waals surface area (Å²) >= 11 is 3.49. The average molecular weight is 525 g/mol. The summed E-state index contributed by atoms with van der Waals surface area (Å²) in [4.78, 5) is 21.6. The predicted molar refractivity (Wildman–Crippen MR) is 139 cm³/mol. The molecule has 0 aliphatic heterocycles. The molecule has 0 aliphatic rings. The lowest BCUT2D eigenvalue weighted by Crippen LogP contribution is -2.09. The number of hydrogen-bond donors (Lipinski definition) is 0. The van der Waals surface area contributed by atoms with Gasteiger partial charge in [0.1, 0.15) is 11.5 Å². The van der Waals surface area contributed by atoms with Gasteiger partial charge in [-0.1, -0.05) is 46.0 Å². The maximum absolute atomic E-state index is 12.6. The molecule has 1 aromatic heterocycles. The topological polar surface area (TPSA) is 61.3 Å². The predicted octanol–water partition coefficient (Wildman–Crippen LogP) is 7.82. The second-order valence-electron chi connectivity index (χ2n) is 8.34. The van der Waals surface area contributed by atoms with Crippen LogP contribution in [-0.4, -0.2) is 22.5 Å². The van der Waals surface area contributed by atoms with E-state index in [0.29, 0.717) is 23.7 Å². The van der Waals surface area contributed by atoms with Crippen molar-refractivity contribution < 1.29 is 14.3 Å². The number of carbonyl (C=O) groups excluding carboxylic acids is 1. The normalized spacial score (nSPS) is 10.8. The van der Waals surface area contributed by atoms with E-state index in [-0.39, 0.29) is 0 Å². The van der Waals surface area contributed by atoms with Crippen LogP contribution in [0.4, 0.5) is 0 Å². The molecule has 6 heteroatoms. The molecule has 0 unspecified atom stereocenters. The molecule has 0 atom stereocenters. The monoisotopic (exact) mass is 524 g/mol. The van der Waals surface area contributed by atoms with E-state index in [1.807, 2.05) is 24.5 Å². The van der Waals surface area contributed by atoms with E-state index < -0.39 is 5.97 Å². The largest absolute Gasteiger partial charge is 0.492 e. The molecule has 0 saturated heterocycles. The highest BCUT2D eigenvalue weighted by molar-refractivity contribution is 9.10. The summed E-state index contributed by atoms with van der Waals surface area (Å²) in [5, 5.41) is 0. The van der Waals surface area contributed by atoms with Crippen molar-refractivity contribution in [3.8, 4) is 22.9 Å². The summed E-state index contributed by atoms with van der Waals surface area (Å²) in [6, 6.07) is 12.5. The number of hydrogen-bond acceptors (Lipinski definition) is 5. The zero-order valence-corrected chi connectivity index (χ0v) is 21.6. The average Bonchev–Trinajstić information content (AvgIpc) is 2.86. The third-order valence-electron chi connectivity index (χ3n) is 5.52. The van der Waals surface area contributed by atoms with Crippen LogP contribution in [0.15, 0.2) is 59.3 Å². The first-order valence-electron chi connectivity index (χ1n) is 12.2. The van der Waals surface area contributed by atoms with Crippen LogP contribution in [0.5, 0.6) is 11.5 Å². The van der Waals surface area contributed by atoms with Crippen LogP contribution in [0.1, 0.15) is 74.7 Å². The number of halogens is 1. The van der Waals surface area contributed by atoms with E-state index in [9.17, 15) is 4.79 Å². The van der Waals surface area contributed by atoms with Crippen molar-refractivity contribution in [1.82, 2.24) is 9.97 Å². The van der Waals surface area contributed by atoms with Crippen LogP contribution in [0.25, 0.3) is 11.4 Å². The van der Waals surface area contributed by atoms with Crippen molar-refractivity contribution in [2.75, 3.05) is 6.61 Å². The Balaban J connectivity index is 1.54. The van der Waals surface area contributed by atoms with Crippen LogP contribution >= 0.6 is 15.9 Å². The van der Waals surface area contributed by atoms with Gasteiger partial charge in [-0.3, -0.25) is 0 Å². The van der Waals surface area contributed by atoms with Crippen molar-refractivity contribution in [2.24, 2.45) is 0 Å². The summed E-state index contributed by atoms with van der Waals surface area (Å²) in [5.74, 6) is 1.44. The van der Waals surface area contributed by atoms with E-state index in [0.717, 1.165) is 47.0 Å². The zero-order chi connectivity index (χ0) is 24.2. The SMILES string of the molecule is CCCCCCOc1ccc(C(=O)Oc2ccc(-c3ncc(CCCCC)cn3)cc2)cc1Br. The number of benzene rings is 2. The zero-order valence-electron chi connectivity index (χ0n) is 20.1. The Morgan fingerprint density at radius 3 is 2.26 bits per heavy atom. The Kier molecular flexibility index (Phi) is 10.5. The van der Waals surface area contributed by atoms with Crippen LogP contribution in [0.2, 0.25) is 0 Å². The van der Waals surface area contributed by atoms with Crippen molar-refractivity contribution in [2.45, 2.75) is 65.2 Å². The first kappa shape index (κ1) is 25.9. The van der Waals surface area contributed by atoms with Crippen LogP contribution in [-0.2, 0) is 6.42 Å². The van der Waals surface area contributed by atoms with Crippen molar-refractivity contribution in [1.29, 1.82) is 0 Å². The first-order valence-corrected chi connectivity index (χ1v) is 13.0. The lowest BCUT2D eigenvalue weighted by atomic mass is 10.1. The molecule has 1 heterocycles. The smallest absolute Gasteiger partial charge is 0.343 e. The van der Waals surface area contributed by atoms with Gasteiger partial charge in [-0.2, -0.15) is 0 Å². The van der Waals surface area contributed by atoms with Gasteiger partial charge in [0.25, 0.3) is 0 Å². The van der Waals surface area contributed by atoms with E-state index in [1.165, 1.54) is 25.7 Å². The number of unbranched alkanes of at least 4 members (excludes halogenated alkanes) is 5. The molecule has 0 saturated carbocycles. The van der Waals surface area contributed by atoms with E-state index in [2.05, 4.69) is 39.7 Å². The number of carbonyl (C=O) groups is 1. The number of ether oxygens (including phenoxy) is 2. The van der Waals surface area contributed by atoms with Crippen molar-refractivity contribution in [3.05, 3.63) is 70.5 Å². The van der Waals surface area contributed by atoms with Gasteiger partial charge in [-0.25, -0.2) is 14.8 Å². The van der Waals surface area contributed by atoms with Gasteiger partial charge in [0.15, 0.2) is 5.82 Å². The van der Waals surface area contributed by atoms with Gasteiger partial charge < -0.3 is 9.47 Å². The molecule has 5 nitrogen and oxygen atoms in total. The van der Waals surface area contributed by atoms with E-state index in [1.54, 1.807) is 30.3 Å². The van der Waals surface area contributed by atoms with Crippen molar-refractivity contribution in [3.63, 3.8) is 0 Å². The highest BCUT2D eigenvalue weighted by atomic mass is 79.9.